The van der Waals surface area contributed by atoms with Crippen LogP contribution in [0.4, 0.5) is 5.69 Å². The summed E-state index contributed by atoms with van der Waals surface area (Å²) in [4.78, 5) is 15.3. The van der Waals surface area contributed by atoms with Crippen molar-refractivity contribution in [2.45, 2.75) is 52.0 Å². The van der Waals surface area contributed by atoms with Gasteiger partial charge in [-0.3, -0.25) is 10.1 Å². The molecule has 0 saturated heterocycles. The number of imidazole rings is 1. The van der Waals surface area contributed by atoms with E-state index in [1.54, 1.807) is 0 Å². The minimum atomic E-state index is -0.455. The molecule has 0 aliphatic carbocycles. The first-order valence-electron chi connectivity index (χ1n) is 9.55. The summed E-state index contributed by atoms with van der Waals surface area (Å²) < 4.78 is 2.06. The second-order valence-corrected chi connectivity index (χ2v) is 6.80. The molecule has 0 radical (unpaired) electrons. The molecule has 1 aromatic heterocycles. The number of phenols is 1. The minimum absolute atomic E-state index is 0.0000944. The molecule has 1 heterocycles. The SMILES string of the molecule is CCCCCCCCn1c(-c2cc([N+](=O)[O-])ccc2O)nc2ccccc21. The van der Waals surface area contributed by atoms with Gasteiger partial charge in [0.05, 0.1) is 21.5 Å². The predicted molar refractivity (Wildman–Crippen MR) is 107 cm³/mol. The third kappa shape index (κ3) is 4.27. The second kappa shape index (κ2) is 8.66. The standard InChI is InChI=1S/C21H25N3O3/c1-2-3-4-5-6-9-14-23-19-11-8-7-10-18(19)22-21(23)17-15-16(24(26)27)12-13-20(17)25/h7-8,10-13,15,25H,2-6,9,14H2,1H3. The number of nitro groups is 1. The number of aromatic hydroxyl groups is 1. The molecule has 0 unspecified atom stereocenters. The number of hydrogen-bond donors (Lipinski definition) is 1. The molecule has 0 bridgehead atoms. The maximum absolute atomic E-state index is 11.1. The lowest BCUT2D eigenvalue weighted by Crippen LogP contribution is -2.01. The highest BCUT2D eigenvalue weighted by Gasteiger charge is 2.18. The highest BCUT2D eigenvalue weighted by molar-refractivity contribution is 5.82. The summed E-state index contributed by atoms with van der Waals surface area (Å²) in [6.07, 6.45) is 7.08. The Morgan fingerprint density at radius 1 is 1.07 bits per heavy atom. The fourth-order valence-electron chi connectivity index (χ4n) is 3.37. The number of fused-ring (bicyclic) bond motifs is 1. The Bertz CT molecular complexity index is 934. The molecule has 3 aromatic rings. The smallest absolute Gasteiger partial charge is 0.270 e. The Kier molecular flexibility index (Phi) is 6.06. The highest BCUT2D eigenvalue weighted by Crippen LogP contribution is 2.34. The molecule has 0 aliphatic rings. The van der Waals surface area contributed by atoms with Crippen molar-refractivity contribution >= 4 is 16.7 Å². The van der Waals surface area contributed by atoms with Crippen molar-refractivity contribution in [2.75, 3.05) is 0 Å². The van der Waals surface area contributed by atoms with Crippen molar-refractivity contribution < 1.29 is 10.0 Å². The number of aryl methyl sites for hydroxylation is 1. The predicted octanol–water partition coefficient (Wildman–Crippen LogP) is 5.68. The van der Waals surface area contributed by atoms with Crippen LogP contribution in [0.1, 0.15) is 45.4 Å². The molecule has 27 heavy (non-hydrogen) atoms. The molecule has 0 atom stereocenters. The third-order valence-corrected chi connectivity index (χ3v) is 4.82. The third-order valence-electron chi connectivity index (χ3n) is 4.82. The van der Waals surface area contributed by atoms with Gasteiger partial charge in [0, 0.05) is 18.7 Å². The normalized spacial score (nSPS) is 11.1. The quantitative estimate of drug-likeness (QED) is 0.300. The van der Waals surface area contributed by atoms with Gasteiger partial charge < -0.3 is 9.67 Å². The molecule has 3 rings (SSSR count). The molecular formula is C21H25N3O3. The van der Waals surface area contributed by atoms with Gasteiger partial charge in [0.1, 0.15) is 11.6 Å². The summed E-state index contributed by atoms with van der Waals surface area (Å²) in [6.45, 7) is 2.97. The average Bonchev–Trinajstić information content (AvgIpc) is 3.03. The topological polar surface area (TPSA) is 81.2 Å². The van der Waals surface area contributed by atoms with Crippen LogP contribution in [0.2, 0.25) is 0 Å². The van der Waals surface area contributed by atoms with Gasteiger partial charge in [-0.2, -0.15) is 0 Å². The van der Waals surface area contributed by atoms with Crippen LogP contribution in [-0.2, 0) is 6.54 Å². The van der Waals surface area contributed by atoms with Gasteiger partial charge in [0.25, 0.3) is 5.69 Å². The Labute approximate surface area is 158 Å². The first-order chi connectivity index (χ1) is 13.1. The monoisotopic (exact) mass is 367 g/mol. The zero-order chi connectivity index (χ0) is 19.2. The van der Waals surface area contributed by atoms with Gasteiger partial charge in [-0.25, -0.2) is 4.98 Å². The van der Waals surface area contributed by atoms with Crippen LogP contribution in [0.3, 0.4) is 0 Å². The summed E-state index contributed by atoms with van der Waals surface area (Å²) in [5.41, 5.74) is 2.14. The van der Waals surface area contributed by atoms with E-state index in [1.165, 1.54) is 43.9 Å². The zero-order valence-electron chi connectivity index (χ0n) is 15.6. The van der Waals surface area contributed by atoms with Crippen LogP contribution in [0, 0.1) is 10.1 Å². The van der Waals surface area contributed by atoms with Crippen molar-refractivity contribution in [1.82, 2.24) is 9.55 Å². The van der Waals surface area contributed by atoms with E-state index in [2.05, 4.69) is 16.5 Å². The number of phenolic OH excluding ortho intramolecular Hbond substituents is 1. The Morgan fingerprint density at radius 3 is 2.59 bits per heavy atom. The lowest BCUT2D eigenvalue weighted by atomic mass is 10.1. The highest BCUT2D eigenvalue weighted by atomic mass is 16.6. The number of benzene rings is 2. The van der Waals surface area contributed by atoms with Gasteiger partial charge in [-0.15, -0.1) is 0 Å². The Hall–Kier alpha value is -2.89. The molecule has 0 spiro atoms. The number of nitro benzene ring substituents is 1. The molecule has 0 fully saturated rings. The lowest BCUT2D eigenvalue weighted by Gasteiger charge is -2.10. The summed E-state index contributed by atoms with van der Waals surface area (Å²) in [6, 6.07) is 11.9. The van der Waals surface area contributed by atoms with Crippen LogP contribution in [-0.4, -0.2) is 19.6 Å². The average molecular weight is 367 g/mol. The maximum Gasteiger partial charge on any atom is 0.270 e. The van der Waals surface area contributed by atoms with Crippen molar-refractivity contribution in [2.24, 2.45) is 0 Å². The Balaban J connectivity index is 1.93. The van der Waals surface area contributed by atoms with Gasteiger partial charge in [-0.1, -0.05) is 51.2 Å². The molecule has 142 valence electrons. The van der Waals surface area contributed by atoms with E-state index in [9.17, 15) is 15.2 Å². The summed E-state index contributed by atoms with van der Waals surface area (Å²) in [5, 5.41) is 21.5. The van der Waals surface area contributed by atoms with Gasteiger partial charge in [0.2, 0.25) is 0 Å². The second-order valence-electron chi connectivity index (χ2n) is 6.80. The van der Waals surface area contributed by atoms with Crippen molar-refractivity contribution in [3.63, 3.8) is 0 Å². The summed E-state index contributed by atoms with van der Waals surface area (Å²) in [7, 11) is 0. The number of para-hydroxylation sites is 2. The summed E-state index contributed by atoms with van der Waals surface area (Å²) in [5.74, 6) is 0.575. The largest absolute Gasteiger partial charge is 0.507 e. The fraction of sp³-hybridized carbons (Fsp3) is 0.381. The van der Waals surface area contributed by atoms with Gasteiger partial charge in [-0.05, 0) is 24.6 Å². The Morgan fingerprint density at radius 2 is 1.81 bits per heavy atom. The maximum atomic E-state index is 11.1. The minimum Gasteiger partial charge on any atom is -0.507 e. The molecule has 6 heteroatoms. The first-order valence-corrected chi connectivity index (χ1v) is 9.55. The van der Waals surface area contributed by atoms with Crippen molar-refractivity contribution in [1.29, 1.82) is 0 Å². The van der Waals surface area contributed by atoms with Crippen molar-refractivity contribution in [3.05, 3.63) is 52.6 Å². The van der Waals surface area contributed by atoms with E-state index in [-0.39, 0.29) is 11.4 Å². The molecule has 6 nitrogen and oxygen atoms in total. The van der Waals surface area contributed by atoms with Crippen LogP contribution >= 0.6 is 0 Å². The molecule has 0 amide bonds. The zero-order valence-corrected chi connectivity index (χ0v) is 15.6. The van der Waals surface area contributed by atoms with Crippen molar-refractivity contribution in [3.8, 4) is 17.1 Å². The van der Waals surface area contributed by atoms with E-state index in [0.717, 1.165) is 30.4 Å². The van der Waals surface area contributed by atoms with E-state index >= 15 is 0 Å². The van der Waals surface area contributed by atoms with Gasteiger partial charge in [0.15, 0.2) is 0 Å². The number of aromatic nitrogens is 2. The molecule has 2 aromatic carbocycles. The van der Waals surface area contributed by atoms with Crippen LogP contribution in [0.15, 0.2) is 42.5 Å². The number of rotatable bonds is 9. The number of unbranched alkanes of at least 4 members (excludes halogenated alkanes) is 5. The van der Waals surface area contributed by atoms with E-state index in [0.29, 0.717) is 11.4 Å². The number of hydrogen-bond acceptors (Lipinski definition) is 4. The van der Waals surface area contributed by atoms with Crippen LogP contribution in [0.5, 0.6) is 5.75 Å². The fourth-order valence-corrected chi connectivity index (χ4v) is 3.37. The van der Waals surface area contributed by atoms with E-state index in [4.69, 9.17) is 0 Å². The van der Waals surface area contributed by atoms with Crippen LogP contribution < -0.4 is 0 Å². The molecular weight excluding hydrogens is 342 g/mol. The van der Waals surface area contributed by atoms with E-state index in [1.807, 2.05) is 24.3 Å². The molecule has 0 aliphatic heterocycles. The number of non-ortho nitro benzene ring substituents is 1. The molecule has 0 saturated carbocycles. The van der Waals surface area contributed by atoms with E-state index < -0.39 is 4.92 Å². The molecule has 1 N–H and O–H groups in total. The number of nitrogens with zero attached hydrogens (tertiary/aromatic N) is 3. The lowest BCUT2D eigenvalue weighted by molar-refractivity contribution is -0.384. The van der Waals surface area contributed by atoms with Crippen LogP contribution in [0.25, 0.3) is 22.4 Å². The first kappa shape index (κ1) is 18.9. The summed E-state index contributed by atoms with van der Waals surface area (Å²) >= 11 is 0. The van der Waals surface area contributed by atoms with Gasteiger partial charge >= 0.3 is 0 Å².